The van der Waals surface area contributed by atoms with Gasteiger partial charge in [-0.05, 0) is 30.7 Å². The van der Waals surface area contributed by atoms with Crippen molar-refractivity contribution >= 4 is 11.6 Å². The molecule has 1 fully saturated rings. The normalized spacial score (nSPS) is 26.9. The molecule has 1 aliphatic carbocycles. The standard InChI is InChI=1S/C12H15FO4.C7H6FN3/c1-6-9(14)11(16)12(17-6)10(15)7-2-4-8(13)5-3-7;8-4-1-2-5-6(4)7(9)11-3-10-5/h2-6,9-12,14-16H,1H3;1,3H,2H2,(H2,9,10,11). The molecule has 0 spiro atoms. The number of hydrogen-bond donors (Lipinski definition) is 4. The predicted molar refractivity (Wildman–Crippen MR) is 96.9 cm³/mol. The number of ether oxygens (including phenoxy) is 1. The number of nitrogens with zero attached hydrogens (tertiary/aromatic N) is 2. The second-order valence-corrected chi connectivity index (χ2v) is 6.62. The van der Waals surface area contributed by atoms with Crippen molar-refractivity contribution in [3.63, 3.8) is 0 Å². The summed E-state index contributed by atoms with van der Waals surface area (Å²) in [4.78, 5) is 7.57. The minimum Gasteiger partial charge on any atom is -0.388 e. The summed E-state index contributed by atoms with van der Waals surface area (Å²) in [5, 5.41) is 29.2. The topological polar surface area (TPSA) is 122 Å². The summed E-state index contributed by atoms with van der Waals surface area (Å²) >= 11 is 0. The fourth-order valence-corrected chi connectivity index (χ4v) is 3.13. The van der Waals surface area contributed by atoms with Crippen LogP contribution in [0.4, 0.5) is 14.6 Å². The maximum atomic E-state index is 12.9. The molecule has 0 radical (unpaired) electrons. The van der Waals surface area contributed by atoms with Gasteiger partial charge in [-0.1, -0.05) is 12.1 Å². The molecule has 1 saturated heterocycles. The molecule has 150 valence electrons. The Labute approximate surface area is 160 Å². The van der Waals surface area contributed by atoms with Crippen molar-refractivity contribution in [3.8, 4) is 0 Å². The quantitative estimate of drug-likeness (QED) is 0.607. The molecule has 2 heterocycles. The maximum Gasteiger partial charge on any atom is 0.137 e. The number of aromatic nitrogens is 2. The molecule has 7 nitrogen and oxygen atoms in total. The Morgan fingerprint density at radius 3 is 2.39 bits per heavy atom. The molecule has 9 heteroatoms. The first-order chi connectivity index (χ1) is 13.3. The van der Waals surface area contributed by atoms with E-state index in [9.17, 15) is 24.1 Å². The number of hydrogen-bond acceptors (Lipinski definition) is 7. The number of nitrogens with two attached hydrogens (primary N) is 1. The lowest BCUT2D eigenvalue weighted by Crippen LogP contribution is -2.34. The van der Waals surface area contributed by atoms with Crippen LogP contribution in [-0.2, 0) is 11.2 Å². The molecule has 2 aromatic rings. The van der Waals surface area contributed by atoms with Crippen LogP contribution in [0.5, 0.6) is 0 Å². The second-order valence-electron chi connectivity index (χ2n) is 6.62. The lowest BCUT2D eigenvalue weighted by Gasteiger charge is -2.21. The van der Waals surface area contributed by atoms with Crippen LogP contribution in [0, 0.1) is 5.82 Å². The van der Waals surface area contributed by atoms with E-state index in [0.29, 0.717) is 23.2 Å². The van der Waals surface area contributed by atoms with Crippen LogP contribution in [-0.4, -0.2) is 49.7 Å². The summed E-state index contributed by atoms with van der Waals surface area (Å²) in [5.74, 6) is -0.485. The molecule has 5 atom stereocenters. The van der Waals surface area contributed by atoms with Crippen LogP contribution >= 0.6 is 0 Å². The molecule has 4 rings (SSSR count). The van der Waals surface area contributed by atoms with Crippen molar-refractivity contribution in [2.24, 2.45) is 0 Å². The summed E-state index contributed by atoms with van der Waals surface area (Å²) < 4.78 is 30.9. The number of halogens is 2. The maximum absolute atomic E-state index is 12.9. The third kappa shape index (κ3) is 4.02. The summed E-state index contributed by atoms with van der Waals surface area (Å²) in [6.45, 7) is 1.62. The highest BCUT2D eigenvalue weighted by atomic mass is 19.1. The molecule has 0 amide bonds. The van der Waals surface area contributed by atoms with Crippen LogP contribution in [0.1, 0.15) is 29.8 Å². The molecule has 0 saturated carbocycles. The lowest BCUT2D eigenvalue weighted by atomic mass is 9.99. The molecular formula is C19H21F2N3O4. The van der Waals surface area contributed by atoms with E-state index in [1.165, 1.54) is 36.7 Å². The number of nitrogen functional groups attached to an aromatic ring is 1. The van der Waals surface area contributed by atoms with Gasteiger partial charge in [0.1, 0.15) is 48.2 Å². The Balaban J connectivity index is 0.000000176. The van der Waals surface area contributed by atoms with Gasteiger partial charge in [-0.25, -0.2) is 18.7 Å². The van der Waals surface area contributed by atoms with E-state index in [1.807, 2.05) is 0 Å². The van der Waals surface area contributed by atoms with Gasteiger partial charge in [-0.15, -0.1) is 0 Å². The zero-order valence-corrected chi connectivity index (χ0v) is 15.0. The number of rotatable bonds is 2. The molecule has 1 aliphatic heterocycles. The SMILES string of the molecule is CC1OC(C(O)c2ccc(F)cc2)C(O)C1O.Nc1ncnc2c1C(F)=CC2. The third-order valence-electron chi connectivity index (χ3n) is 4.73. The number of anilines is 1. The lowest BCUT2D eigenvalue weighted by molar-refractivity contribution is -0.0635. The molecule has 28 heavy (non-hydrogen) atoms. The highest BCUT2D eigenvalue weighted by Gasteiger charge is 2.44. The molecule has 5 unspecified atom stereocenters. The van der Waals surface area contributed by atoms with Gasteiger partial charge in [0.15, 0.2) is 0 Å². The molecule has 0 bridgehead atoms. The van der Waals surface area contributed by atoms with Crippen molar-refractivity contribution in [1.82, 2.24) is 9.97 Å². The van der Waals surface area contributed by atoms with Crippen molar-refractivity contribution in [2.75, 3.05) is 5.73 Å². The van der Waals surface area contributed by atoms with Crippen LogP contribution < -0.4 is 5.73 Å². The second kappa shape index (κ2) is 8.27. The molecular weight excluding hydrogens is 372 g/mol. The van der Waals surface area contributed by atoms with Crippen molar-refractivity contribution in [3.05, 3.63) is 59.3 Å². The van der Waals surface area contributed by atoms with Gasteiger partial charge in [0, 0.05) is 6.42 Å². The van der Waals surface area contributed by atoms with Gasteiger partial charge in [-0.2, -0.15) is 0 Å². The first-order valence-electron chi connectivity index (χ1n) is 8.70. The van der Waals surface area contributed by atoms with Gasteiger partial charge >= 0.3 is 0 Å². The summed E-state index contributed by atoms with van der Waals surface area (Å²) in [7, 11) is 0. The number of aliphatic hydroxyl groups excluding tert-OH is 3. The van der Waals surface area contributed by atoms with Crippen LogP contribution in [0.15, 0.2) is 36.7 Å². The van der Waals surface area contributed by atoms with Crippen molar-refractivity contribution in [1.29, 1.82) is 0 Å². The summed E-state index contributed by atoms with van der Waals surface area (Å²) in [6.07, 6.45) is -1.37. The Kier molecular flexibility index (Phi) is 5.99. The Morgan fingerprint density at radius 2 is 1.82 bits per heavy atom. The monoisotopic (exact) mass is 393 g/mol. The van der Waals surface area contributed by atoms with E-state index in [4.69, 9.17) is 10.5 Å². The zero-order valence-electron chi connectivity index (χ0n) is 15.0. The van der Waals surface area contributed by atoms with Crippen LogP contribution in [0.3, 0.4) is 0 Å². The minimum absolute atomic E-state index is 0.223. The fraction of sp³-hybridized carbons (Fsp3) is 0.368. The number of fused-ring (bicyclic) bond motifs is 1. The largest absolute Gasteiger partial charge is 0.388 e. The Bertz CT molecular complexity index is 863. The number of benzene rings is 1. The zero-order chi connectivity index (χ0) is 20.4. The minimum atomic E-state index is -1.15. The molecule has 1 aromatic heterocycles. The Morgan fingerprint density at radius 1 is 1.14 bits per heavy atom. The smallest absolute Gasteiger partial charge is 0.137 e. The van der Waals surface area contributed by atoms with E-state index in [0.717, 1.165) is 0 Å². The highest BCUT2D eigenvalue weighted by molar-refractivity contribution is 5.73. The van der Waals surface area contributed by atoms with Crippen LogP contribution in [0.2, 0.25) is 0 Å². The summed E-state index contributed by atoms with van der Waals surface area (Å²) in [5.41, 5.74) is 6.92. The van der Waals surface area contributed by atoms with Gasteiger partial charge in [0.2, 0.25) is 0 Å². The molecule has 5 N–H and O–H groups in total. The van der Waals surface area contributed by atoms with Gasteiger partial charge < -0.3 is 25.8 Å². The van der Waals surface area contributed by atoms with E-state index in [1.54, 1.807) is 6.92 Å². The number of aliphatic hydroxyl groups is 3. The predicted octanol–water partition coefficient (Wildman–Crippen LogP) is 1.29. The first kappa shape index (κ1) is 20.3. The van der Waals surface area contributed by atoms with Crippen molar-refractivity contribution < 1.29 is 28.8 Å². The summed E-state index contributed by atoms with van der Waals surface area (Å²) in [6, 6.07) is 5.29. The van der Waals surface area contributed by atoms with E-state index < -0.39 is 36.3 Å². The van der Waals surface area contributed by atoms with Gasteiger partial charge in [-0.3, -0.25) is 0 Å². The first-order valence-corrected chi connectivity index (χ1v) is 8.70. The van der Waals surface area contributed by atoms with E-state index >= 15 is 0 Å². The molecule has 2 aliphatic rings. The van der Waals surface area contributed by atoms with E-state index in [2.05, 4.69) is 9.97 Å². The fourth-order valence-electron chi connectivity index (χ4n) is 3.13. The third-order valence-corrected chi connectivity index (χ3v) is 4.73. The van der Waals surface area contributed by atoms with Crippen molar-refractivity contribution in [2.45, 2.75) is 43.9 Å². The van der Waals surface area contributed by atoms with Gasteiger partial charge in [0.25, 0.3) is 0 Å². The Hall–Kier alpha value is -2.46. The van der Waals surface area contributed by atoms with Gasteiger partial charge in [0.05, 0.1) is 17.4 Å². The molecule has 1 aromatic carbocycles. The average molecular weight is 393 g/mol. The number of allylic oxidation sites excluding steroid dienone is 1. The van der Waals surface area contributed by atoms with E-state index in [-0.39, 0.29) is 11.6 Å². The average Bonchev–Trinajstić information content (AvgIpc) is 3.18. The highest BCUT2D eigenvalue weighted by Crippen LogP contribution is 2.31. The van der Waals surface area contributed by atoms with Crippen LogP contribution in [0.25, 0.3) is 5.83 Å².